The molecular formula is C48H33NO. The number of para-hydroxylation sites is 2. The SMILES string of the molecule is [2H]c1c([2H])c([2H])c2c(oc3c(N(c4ccc(-c5ccccc5-c5ccccc5)cc4)c4ccc(-c5ccccc5-c5ccccc5)cc4)c([2H])c([2H])c([2H])c32)c1[2H]. The second-order valence-corrected chi connectivity index (χ2v) is 12.0. The molecule has 0 saturated heterocycles. The van der Waals surface area contributed by atoms with Gasteiger partial charge in [0.2, 0.25) is 0 Å². The third-order valence-corrected chi connectivity index (χ3v) is 9.04. The van der Waals surface area contributed by atoms with Crippen LogP contribution < -0.4 is 4.90 Å². The van der Waals surface area contributed by atoms with E-state index in [4.69, 9.17) is 12.6 Å². The van der Waals surface area contributed by atoms with E-state index >= 15 is 0 Å². The summed E-state index contributed by atoms with van der Waals surface area (Å²) >= 11 is 0. The molecule has 50 heavy (non-hydrogen) atoms. The molecule has 0 bridgehead atoms. The lowest BCUT2D eigenvalue weighted by molar-refractivity contribution is 0.669. The molecule has 0 unspecified atom stereocenters. The van der Waals surface area contributed by atoms with Gasteiger partial charge in [-0.3, -0.25) is 0 Å². The van der Waals surface area contributed by atoms with Gasteiger partial charge in [0.25, 0.3) is 0 Å². The van der Waals surface area contributed by atoms with E-state index in [1.54, 1.807) is 4.90 Å². The van der Waals surface area contributed by atoms with Crippen LogP contribution in [0.2, 0.25) is 0 Å². The van der Waals surface area contributed by atoms with Crippen LogP contribution >= 0.6 is 0 Å². The van der Waals surface area contributed by atoms with Crippen LogP contribution in [0.15, 0.2) is 204 Å². The van der Waals surface area contributed by atoms with Gasteiger partial charge in [-0.05, 0) is 80.9 Å². The zero-order valence-electron chi connectivity index (χ0n) is 33.9. The molecule has 0 fully saturated rings. The summed E-state index contributed by atoms with van der Waals surface area (Å²) < 4.78 is 67.7. The molecule has 2 nitrogen and oxygen atoms in total. The molecule has 0 spiro atoms. The Morgan fingerprint density at radius 1 is 0.380 bits per heavy atom. The average Bonchev–Trinajstić information content (AvgIpc) is 3.67. The Bertz CT molecular complexity index is 2840. The Balaban J connectivity index is 1.26. The molecule has 0 radical (unpaired) electrons. The number of nitrogens with zero attached hydrogens (tertiary/aromatic N) is 1. The Kier molecular flexibility index (Phi) is 5.83. The summed E-state index contributed by atoms with van der Waals surface area (Å²) in [5.41, 5.74) is 9.69. The first-order valence-electron chi connectivity index (χ1n) is 19.9. The van der Waals surface area contributed by atoms with Crippen LogP contribution in [0, 0.1) is 0 Å². The highest BCUT2D eigenvalue weighted by Gasteiger charge is 2.20. The van der Waals surface area contributed by atoms with E-state index < -0.39 is 12.1 Å². The normalized spacial score (nSPS) is 13.2. The van der Waals surface area contributed by atoms with Crippen molar-refractivity contribution in [3.63, 3.8) is 0 Å². The van der Waals surface area contributed by atoms with Gasteiger partial charge in [0.15, 0.2) is 5.58 Å². The topological polar surface area (TPSA) is 16.4 Å². The van der Waals surface area contributed by atoms with E-state index in [9.17, 15) is 1.37 Å². The summed E-state index contributed by atoms with van der Waals surface area (Å²) in [7, 11) is 0. The van der Waals surface area contributed by atoms with Gasteiger partial charge in [-0.15, -0.1) is 0 Å². The fourth-order valence-corrected chi connectivity index (χ4v) is 6.67. The molecule has 9 aromatic rings. The summed E-state index contributed by atoms with van der Waals surface area (Å²) in [5, 5.41) is 0.0660. The maximum atomic E-state index is 9.34. The number of rotatable bonds is 7. The smallest absolute Gasteiger partial charge is 0.159 e. The zero-order valence-corrected chi connectivity index (χ0v) is 26.9. The number of hydrogen-bond donors (Lipinski definition) is 0. The van der Waals surface area contributed by atoms with Gasteiger partial charge < -0.3 is 9.32 Å². The fourth-order valence-electron chi connectivity index (χ4n) is 6.67. The van der Waals surface area contributed by atoms with E-state index in [0.717, 1.165) is 44.5 Å². The number of hydrogen-bond acceptors (Lipinski definition) is 2. The molecular weight excluding hydrogens is 607 g/mol. The molecule has 9 rings (SSSR count). The Labute approximate surface area is 302 Å². The molecule has 0 aliphatic carbocycles. The third kappa shape index (κ3) is 5.34. The number of anilines is 3. The highest BCUT2D eigenvalue weighted by atomic mass is 16.3. The molecule has 2 heteroatoms. The number of benzene rings is 8. The monoisotopic (exact) mass is 646 g/mol. The van der Waals surface area contributed by atoms with Gasteiger partial charge in [-0.25, -0.2) is 0 Å². The van der Waals surface area contributed by atoms with Gasteiger partial charge in [0, 0.05) is 22.1 Å². The predicted molar refractivity (Wildman–Crippen MR) is 210 cm³/mol. The molecule has 236 valence electrons. The van der Waals surface area contributed by atoms with E-state index in [1.807, 2.05) is 109 Å². The van der Waals surface area contributed by atoms with Gasteiger partial charge in [-0.2, -0.15) is 0 Å². The lowest BCUT2D eigenvalue weighted by Gasteiger charge is -2.26. The first-order valence-corrected chi connectivity index (χ1v) is 16.4. The Morgan fingerprint density at radius 2 is 0.800 bits per heavy atom. The van der Waals surface area contributed by atoms with Crippen LogP contribution in [0.5, 0.6) is 0 Å². The summed E-state index contributed by atoms with van der Waals surface area (Å²) in [4.78, 5) is 1.81. The van der Waals surface area contributed by atoms with Crippen molar-refractivity contribution in [3.05, 3.63) is 200 Å². The van der Waals surface area contributed by atoms with Crippen LogP contribution in [0.25, 0.3) is 66.4 Å². The molecule has 1 heterocycles. The average molecular weight is 647 g/mol. The van der Waals surface area contributed by atoms with Crippen molar-refractivity contribution in [2.24, 2.45) is 0 Å². The van der Waals surface area contributed by atoms with E-state index in [2.05, 4.69) is 48.5 Å². The largest absolute Gasteiger partial charge is 0.454 e. The first kappa shape index (κ1) is 22.8. The van der Waals surface area contributed by atoms with E-state index in [0.29, 0.717) is 11.4 Å². The van der Waals surface area contributed by atoms with Crippen molar-refractivity contribution < 1.29 is 14.0 Å². The lowest BCUT2D eigenvalue weighted by atomic mass is 9.94. The number of furan rings is 1. The predicted octanol–water partition coefficient (Wildman–Crippen LogP) is 13.7. The Hall–Kier alpha value is -6.64. The van der Waals surface area contributed by atoms with Crippen molar-refractivity contribution in [2.45, 2.75) is 0 Å². The maximum absolute atomic E-state index is 9.34. The van der Waals surface area contributed by atoms with Crippen LogP contribution in [0.3, 0.4) is 0 Å². The molecule has 0 saturated carbocycles. The molecule has 0 N–H and O–H groups in total. The molecule has 0 aliphatic rings. The highest BCUT2D eigenvalue weighted by Crippen LogP contribution is 2.43. The lowest BCUT2D eigenvalue weighted by Crippen LogP contribution is -2.10. The minimum atomic E-state index is -0.466. The second kappa shape index (κ2) is 12.8. The standard InChI is InChI=1S/C48H33NO/c1-3-14-34(15-4-1)40-18-7-9-20-42(40)36-26-30-38(31-27-36)49(46-24-13-23-45-44-22-11-12-25-47(44)50-48(45)46)39-32-28-37(29-33-39)43-21-10-8-19-41(43)35-16-5-2-6-17-35/h1-33H/i11D,12D,13D,22D,23D,24D,25D. The quantitative estimate of drug-likeness (QED) is 0.171. The van der Waals surface area contributed by atoms with Crippen molar-refractivity contribution >= 4 is 39.0 Å². The molecule has 1 aromatic heterocycles. The summed E-state index contributed by atoms with van der Waals surface area (Å²) in [5.74, 6) is 0. The van der Waals surface area contributed by atoms with Gasteiger partial charge >= 0.3 is 0 Å². The fraction of sp³-hybridized carbons (Fsp3) is 0. The number of fused-ring (bicyclic) bond motifs is 3. The summed E-state index contributed by atoms with van der Waals surface area (Å²) in [6.45, 7) is 0. The van der Waals surface area contributed by atoms with Crippen LogP contribution in [-0.2, 0) is 0 Å². The van der Waals surface area contributed by atoms with Gasteiger partial charge in [-0.1, -0.05) is 164 Å². The van der Waals surface area contributed by atoms with Crippen LogP contribution in [0.1, 0.15) is 9.60 Å². The van der Waals surface area contributed by atoms with E-state index in [-0.39, 0.29) is 57.8 Å². The first-order chi connectivity index (χ1) is 27.7. The van der Waals surface area contributed by atoms with E-state index in [1.165, 1.54) is 0 Å². The van der Waals surface area contributed by atoms with Crippen LogP contribution in [-0.4, -0.2) is 0 Å². The molecule has 8 aromatic carbocycles. The molecule has 0 amide bonds. The van der Waals surface area contributed by atoms with Gasteiger partial charge in [0.1, 0.15) is 5.58 Å². The van der Waals surface area contributed by atoms with Crippen molar-refractivity contribution in [1.29, 1.82) is 0 Å². The van der Waals surface area contributed by atoms with Gasteiger partial charge in [0.05, 0.1) is 15.3 Å². The zero-order chi connectivity index (χ0) is 39.4. The summed E-state index contributed by atoms with van der Waals surface area (Å²) in [6.07, 6.45) is 0. The van der Waals surface area contributed by atoms with Crippen LogP contribution in [0.4, 0.5) is 17.1 Å². The Morgan fingerprint density at radius 3 is 1.30 bits per heavy atom. The molecule has 0 atom stereocenters. The minimum absolute atomic E-state index is 0.0106. The minimum Gasteiger partial charge on any atom is -0.454 e. The van der Waals surface area contributed by atoms with Crippen molar-refractivity contribution in [1.82, 2.24) is 0 Å². The maximum Gasteiger partial charge on any atom is 0.159 e. The second-order valence-electron chi connectivity index (χ2n) is 12.0. The van der Waals surface area contributed by atoms with Crippen molar-refractivity contribution in [3.8, 4) is 44.5 Å². The molecule has 0 aliphatic heterocycles. The summed E-state index contributed by atoms with van der Waals surface area (Å²) in [6, 6.07) is 49.9. The third-order valence-electron chi connectivity index (χ3n) is 9.04. The van der Waals surface area contributed by atoms with Crippen molar-refractivity contribution in [2.75, 3.05) is 4.90 Å². The highest BCUT2D eigenvalue weighted by molar-refractivity contribution is 6.10.